The topological polar surface area (TPSA) is 100.0 Å². The molecule has 22 heavy (non-hydrogen) atoms. The number of benzene rings is 1. The maximum atomic E-state index is 12.1. The molecule has 0 bridgehead atoms. The smallest absolute Gasteiger partial charge is 0.273 e. The Labute approximate surface area is 123 Å². The van der Waals surface area contributed by atoms with Gasteiger partial charge in [0.25, 0.3) is 5.56 Å². The highest BCUT2D eigenvalue weighted by atomic mass is 16.5. The van der Waals surface area contributed by atoms with Crippen LogP contribution in [0.1, 0.15) is 11.3 Å². The fourth-order valence-corrected chi connectivity index (χ4v) is 2.43. The van der Waals surface area contributed by atoms with Gasteiger partial charge in [0.1, 0.15) is 11.6 Å². The highest BCUT2D eigenvalue weighted by Crippen LogP contribution is 2.24. The number of hydrogen-bond acceptors (Lipinski definition) is 5. The fraction of sp³-hybridized carbons (Fsp3) is 0.0667. The molecule has 1 N–H and O–H groups in total. The maximum absolute atomic E-state index is 12.1. The van der Waals surface area contributed by atoms with Crippen LogP contribution in [0.15, 0.2) is 39.8 Å². The number of hydrogen-bond donors (Lipinski definition) is 1. The number of aromatic amines is 1. The van der Waals surface area contributed by atoms with E-state index in [1.54, 1.807) is 6.07 Å². The van der Waals surface area contributed by atoms with Crippen molar-refractivity contribution in [2.45, 2.75) is 6.92 Å². The molecule has 1 aromatic carbocycles. The van der Waals surface area contributed by atoms with Crippen LogP contribution >= 0.6 is 0 Å². The van der Waals surface area contributed by atoms with Crippen molar-refractivity contribution in [2.75, 3.05) is 0 Å². The molecular weight excluding hydrogens is 282 g/mol. The third kappa shape index (κ3) is 1.64. The van der Waals surface area contributed by atoms with E-state index in [0.717, 1.165) is 16.6 Å². The van der Waals surface area contributed by atoms with Crippen molar-refractivity contribution >= 4 is 16.6 Å². The lowest BCUT2D eigenvalue weighted by molar-refractivity contribution is 0.450. The normalized spacial score (nSPS) is 11.1. The highest BCUT2D eigenvalue weighted by Gasteiger charge is 2.12. The molecule has 0 saturated heterocycles. The van der Waals surface area contributed by atoms with Crippen LogP contribution < -0.4 is 5.56 Å². The zero-order valence-corrected chi connectivity index (χ0v) is 11.5. The first-order valence-electron chi connectivity index (χ1n) is 6.55. The van der Waals surface area contributed by atoms with Crippen molar-refractivity contribution in [3.05, 3.63) is 52.1 Å². The molecule has 0 saturated carbocycles. The maximum Gasteiger partial charge on any atom is 0.273 e. The number of aryl methyl sites for hydroxylation is 1. The number of aromatic nitrogens is 4. The molecule has 0 aliphatic carbocycles. The van der Waals surface area contributed by atoms with Crippen LogP contribution in [0.4, 0.5) is 0 Å². The lowest BCUT2D eigenvalue weighted by Crippen LogP contribution is -2.14. The van der Waals surface area contributed by atoms with E-state index in [9.17, 15) is 4.79 Å². The van der Waals surface area contributed by atoms with Gasteiger partial charge < -0.3 is 4.52 Å². The third-order valence-electron chi connectivity index (χ3n) is 3.57. The molecule has 0 aliphatic rings. The van der Waals surface area contributed by atoms with Crippen LogP contribution in [-0.4, -0.2) is 19.8 Å². The molecule has 106 valence electrons. The predicted molar refractivity (Wildman–Crippen MR) is 78.3 cm³/mol. The summed E-state index contributed by atoms with van der Waals surface area (Å²) in [4.78, 5) is 16.5. The van der Waals surface area contributed by atoms with Gasteiger partial charge in [-0.1, -0.05) is 11.2 Å². The second kappa shape index (κ2) is 4.30. The van der Waals surface area contributed by atoms with Gasteiger partial charge in [-0.25, -0.2) is 9.50 Å². The van der Waals surface area contributed by atoms with Crippen LogP contribution in [0.3, 0.4) is 0 Å². The Morgan fingerprint density at radius 2 is 2.23 bits per heavy atom. The zero-order valence-electron chi connectivity index (χ0n) is 11.5. The molecular formula is C15H9N5O2. The summed E-state index contributed by atoms with van der Waals surface area (Å²) in [6, 6.07) is 8.93. The minimum absolute atomic E-state index is 0.282. The van der Waals surface area contributed by atoms with E-state index in [-0.39, 0.29) is 5.56 Å². The molecule has 0 amide bonds. The molecule has 4 aromatic rings. The molecule has 0 spiro atoms. The lowest BCUT2D eigenvalue weighted by Gasteiger charge is -2.01. The Kier molecular flexibility index (Phi) is 2.41. The van der Waals surface area contributed by atoms with E-state index in [1.807, 2.05) is 25.1 Å². The Morgan fingerprint density at radius 3 is 3.05 bits per heavy atom. The summed E-state index contributed by atoms with van der Waals surface area (Å²) in [5.74, 6) is 0. The first-order chi connectivity index (χ1) is 10.7. The SMILES string of the molecule is Cc1noc2cc(-c3cc(=O)n4[nH]cc(C#N)c4n3)ccc12. The van der Waals surface area contributed by atoms with Gasteiger partial charge in [0.2, 0.25) is 0 Å². The molecule has 7 nitrogen and oxygen atoms in total. The summed E-state index contributed by atoms with van der Waals surface area (Å²) in [5.41, 5.74) is 2.99. The van der Waals surface area contributed by atoms with E-state index in [0.29, 0.717) is 22.5 Å². The van der Waals surface area contributed by atoms with E-state index in [4.69, 9.17) is 9.78 Å². The van der Waals surface area contributed by atoms with Gasteiger partial charge in [0.05, 0.1) is 11.4 Å². The largest absolute Gasteiger partial charge is 0.356 e. The summed E-state index contributed by atoms with van der Waals surface area (Å²) >= 11 is 0. The fourth-order valence-electron chi connectivity index (χ4n) is 2.43. The number of nitrogens with one attached hydrogen (secondary N) is 1. The quantitative estimate of drug-likeness (QED) is 0.578. The Morgan fingerprint density at radius 1 is 1.36 bits per heavy atom. The Bertz CT molecular complexity index is 1130. The number of H-pyrrole nitrogens is 1. The minimum Gasteiger partial charge on any atom is -0.356 e. The van der Waals surface area contributed by atoms with Crippen LogP contribution in [-0.2, 0) is 0 Å². The first kappa shape index (κ1) is 12.3. The van der Waals surface area contributed by atoms with Crippen molar-refractivity contribution in [1.82, 2.24) is 19.8 Å². The van der Waals surface area contributed by atoms with Gasteiger partial charge in [0.15, 0.2) is 11.2 Å². The Hall–Kier alpha value is -3.40. The third-order valence-corrected chi connectivity index (χ3v) is 3.57. The summed E-state index contributed by atoms with van der Waals surface area (Å²) in [6.07, 6.45) is 1.45. The number of nitriles is 1. The number of rotatable bonds is 1. The highest BCUT2D eigenvalue weighted by molar-refractivity contribution is 5.84. The molecule has 0 fully saturated rings. The van der Waals surface area contributed by atoms with Crippen LogP contribution in [0.5, 0.6) is 0 Å². The van der Waals surface area contributed by atoms with Crippen LogP contribution in [0, 0.1) is 18.3 Å². The summed E-state index contributed by atoms with van der Waals surface area (Å²) in [6.45, 7) is 1.86. The van der Waals surface area contributed by atoms with Crippen LogP contribution in [0.2, 0.25) is 0 Å². The summed E-state index contributed by atoms with van der Waals surface area (Å²) in [7, 11) is 0. The average Bonchev–Trinajstić information content (AvgIpc) is 3.11. The first-order valence-corrected chi connectivity index (χ1v) is 6.55. The van der Waals surface area contributed by atoms with Crippen molar-refractivity contribution < 1.29 is 4.52 Å². The van der Waals surface area contributed by atoms with Gasteiger partial charge >= 0.3 is 0 Å². The van der Waals surface area contributed by atoms with Crippen molar-refractivity contribution in [3.8, 4) is 17.3 Å². The average molecular weight is 291 g/mol. The van der Waals surface area contributed by atoms with Gasteiger partial charge in [-0.2, -0.15) is 5.26 Å². The number of nitrogens with zero attached hydrogens (tertiary/aromatic N) is 4. The lowest BCUT2D eigenvalue weighted by atomic mass is 10.1. The van der Waals surface area contributed by atoms with Crippen molar-refractivity contribution in [1.29, 1.82) is 5.26 Å². The zero-order chi connectivity index (χ0) is 15.3. The molecule has 3 aromatic heterocycles. The van der Waals surface area contributed by atoms with Crippen molar-refractivity contribution in [3.63, 3.8) is 0 Å². The second-order valence-corrected chi connectivity index (χ2v) is 4.92. The molecule has 0 atom stereocenters. The van der Waals surface area contributed by atoms with Gasteiger partial charge in [0, 0.05) is 23.2 Å². The van der Waals surface area contributed by atoms with Gasteiger partial charge in [-0.15, -0.1) is 0 Å². The van der Waals surface area contributed by atoms with E-state index in [2.05, 4.69) is 15.2 Å². The van der Waals surface area contributed by atoms with E-state index in [1.165, 1.54) is 16.8 Å². The molecule has 0 unspecified atom stereocenters. The monoisotopic (exact) mass is 291 g/mol. The van der Waals surface area contributed by atoms with E-state index < -0.39 is 0 Å². The molecule has 3 heterocycles. The Balaban J connectivity index is 1.99. The summed E-state index contributed by atoms with van der Waals surface area (Å²) in [5, 5.41) is 16.6. The second-order valence-electron chi connectivity index (χ2n) is 4.92. The molecule has 7 heteroatoms. The van der Waals surface area contributed by atoms with Gasteiger partial charge in [-0.05, 0) is 19.1 Å². The summed E-state index contributed by atoms with van der Waals surface area (Å²) < 4.78 is 6.47. The minimum atomic E-state index is -0.282. The van der Waals surface area contributed by atoms with Crippen molar-refractivity contribution in [2.24, 2.45) is 0 Å². The molecule has 0 radical (unpaired) electrons. The van der Waals surface area contributed by atoms with Gasteiger partial charge in [-0.3, -0.25) is 9.89 Å². The van der Waals surface area contributed by atoms with E-state index >= 15 is 0 Å². The number of fused-ring (bicyclic) bond motifs is 2. The standard InChI is InChI=1S/C15H9N5O2/c1-8-11-3-2-9(4-13(11)22-19-8)12-5-14(21)20-15(18-12)10(6-16)7-17-20/h2-5,7,17H,1H3. The van der Waals surface area contributed by atoms with Crippen LogP contribution in [0.25, 0.3) is 27.9 Å². The molecule has 0 aliphatic heterocycles. The predicted octanol–water partition coefficient (Wildman–Crippen LogP) is 2.01. The molecule has 4 rings (SSSR count).